The molecule has 0 spiro atoms. The number of rotatable bonds is 4. The summed E-state index contributed by atoms with van der Waals surface area (Å²) < 4.78 is 0. The molecule has 2 atom stereocenters. The lowest BCUT2D eigenvalue weighted by atomic mass is 9.88. The number of likely N-dealkylation sites (tertiary alicyclic amines) is 1. The topological polar surface area (TPSA) is 88.9 Å². The number of hydrogen-bond donors (Lipinski definition) is 1. The first kappa shape index (κ1) is 23.7. The number of piperidine rings is 1. The normalized spacial score (nSPS) is 21.8. The number of hydrogen-bond acceptors (Lipinski definition) is 5. The number of anilines is 1. The molecular formula is C30H34N6O. The summed E-state index contributed by atoms with van der Waals surface area (Å²) in [6.07, 6.45) is 5.74. The highest BCUT2D eigenvalue weighted by Gasteiger charge is 2.39. The average Bonchev–Trinajstić information content (AvgIpc) is 3.59. The van der Waals surface area contributed by atoms with Crippen LogP contribution in [0.15, 0.2) is 36.4 Å². The second kappa shape index (κ2) is 9.66. The number of aromatic nitrogens is 3. The largest absolute Gasteiger partial charge is 0.371 e. The molecule has 0 radical (unpaired) electrons. The lowest BCUT2D eigenvalue weighted by Gasteiger charge is -2.33. The first-order valence-corrected chi connectivity index (χ1v) is 13.6. The van der Waals surface area contributed by atoms with E-state index in [4.69, 9.17) is 5.26 Å². The van der Waals surface area contributed by atoms with Gasteiger partial charge in [-0.15, -0.1) is 0 Å². The van der Waals surface area contributed by atoms with Crippen molar-refractivity contribution in [3.05, 3.63) is 64.5 Å². The van der Waals surface area contributed by atoms with Gasteiger partial charge >= 0.3 is 0 Å². The Morgan fingerprint density at radius 3 is 2.32 bits per heavy atom. The van der Waals surface area contributed by atoms with E-state index in [-0.39, 0.29) is 5.91 Å². The zero-order valence-electron chi connectivity index (χ0n) is 21.7. The van der Waals surface area contributed by atoms with Crippen LogP contribution in [0, 0.1) is 37.0 Å². The minimum Gasteiger partial charge on any atom is -0.371 e. The van der Waals surface area contributed by atoms with E-state index in [0.717, 1.165) is 79.1 Å². The van der Waals surface area contributed by atoms with Crippen molar-refractivity contribution in [2.45, 2.75) is 51.9 Å². The molecule has 3 heterocycles. The maximum absolute atomic E-state index is 13.8. The van der Waals surface area contributed by atoms with Crippen molar-refractivity contribution in [2.24, 2.45) is 11.8 Å². The van der Waals surface area contributed by atoms with Crippen LogP contribution in [-0.4, -0.2) is 52.2 Å². The van der Waals surface area contributed by atoms with Crippen LogP contribution < -0.4 is 4.90 Å². The molecule has 6 rings (SSSR count). The van der Waals surface area contributed by atoms with Gasteiger partial charge in [-0.3, -0.25) is 9.89 Å². The highest BCUT2D eigenvalue weighted by molar-refractivity contribution is 5.98. The molecule has 3 aromatic rings. The molecule has 3 fully saturated rings. The molecule has 37 heavy (non-hydrogen) atoms. The number of H-pyrrole nitrogens is 1. The maximum Gasteiger partial charge on any atom is 0.254 e. The Morgan fingerprint density at radius 2 is 1.70 bits per heavy atom. The first-order valence-electron chi connectivity index (χ1n) is 13.6. The molecule has 1 aromatic heterocycles. The minimum atomic E-state index is 0.0907. The number of aryl methyl sites for hydroxylation is 2. The first-order chi connectivity index (χ1) is 18.0. The van der Waals surface area contributed by atoms with E-state index in [2.05, 4.69) is 51.3 Å². The summed E-state index contributed by atoms with van der Waals surface area (Å²) in [4.78, 5) is 22.9. The summed E-state index contributed by atoms with van der Waals surface area (Å²) >= 11 is 0. The fourth-order valence-corrected chi connectivity index (χ4v) is 6.26. The Bertz CT molecular complexity index is 1330. The summed E-state index contributed by atoms with van der Waals surface area (Å²) in [5.74, 6) is 3.74. The standard InChI is InChI=1S/C30H34N6O/c1-19-15-28(35-11-9-24-16-25(24)10-12-35)27(29-32-20(2)33-34-29)17-26(19)30(37)36-13-7-23(8-14-36)22-5-3-21(18-31)4-6-22/h3-6,15,17,23-25H,7-14,16H2,1-2H3,(H,32,33,34). The van der Waals surface area contributed by atoms with Gasteiger partial charge in [0.15, 0.2) is 5.82 Å². The Labute approximate surface area is 218 Å². The van der Waals surface area contributed by atoms with Gasteiger partial charge in [0.1, 0.15) is 5.82 Å². The van der Waals surface area contributed by atoms with E-state index >= 15 is 0 Å². The Morgan fingerprint density at radius 1 is 1.00 bits per heavy atom. The quantitative estimate of drug-likeness (QED) is 0.537. The number of nitriles is 1. The van der Waals surface area contributed by atoms with E-state index in [1.807, 2.05) is 30.0 Å². The zero-order valence-corrected chi connectivity index (χ0v) is 21.7. The van der Waals surface area contributed by atoms with Crippen molar-refractivity contribution in [1.82, 2.24) is 20.1 Å². The number of amides is 1. The third kappa shape index (κ3) is 4.73. The third-order valence-electron chi connectivity index (χ3n) is 8.65. The van der Waals surface area contributed by atoms with E-state index in [1.165, 1.54) is 24.8 Å². The van der Waals surface area contributed by atoms with Gasteiger partial charge in [0.2, 0.25) is 0 Å². The van der Waals surface area contributed by atoms with Crippen LogP contribution in [0.4, 0.5) is 5.69 Å². The predicted molar refractivity (Wildman–Crippen MR) is 143 cm³/mol. The second-order valence-corrected chi connectivity index (χ2v) is 11.0. The molecule has 7 nitrogen and oxygen atoms in total. The van der Waals surface area contributed by atoms with Crippen LogP contribution >= 0.6 is 0 Å². The minimum absolute atomic E-state index is 0.0907. The Kier molecular flexibility index (Phi) is 6.19. The summed E-state index contributed by atoms with van der Waals surface area (Å²) in [5, 5.41) is 16.5. The van der Waals surface area contributed by atoms with Gasteiger partial charge < -0.3 is 9.80 Å². The molecule has 1 saturated carbocycles. The van der Waals surface area contributed by atoms with Gasteiger partial charge in [0.25, 0.3) is 5.91 Å². The number of benzene rings is 2. The maximum atomic E-state index is 13.8. The van der Waals surface area contributed by atoms with Gasteiger partial charge in [0.05, 0.1) is 11.6 Å². The van der Waals surface area contributed by atoms with Crippen LogP contribution in [0.2, 0.25) is 0 Å². The van der Waals surface area contributed by atoms with Gasteiger partial charge in [0, 0.05) is 43.0 Å². The van der Waals surface area contributed by atoms with Gasteiger partial charge in [-0.2, -0.15) is 10.4 Å². The SMILES string of the molecule is Cc1nc(-c2cc(C(=O)N3CCC(c4ccc(C#N)cc4)CC3)c(C)cc2N2CCC3CC3CC2)n[nH]1. The number of nitrogens with one attached hydrogen (secondary N) is 1. The van der Waals surface area contributed by atoms with E-state index < -0.39 is 0 Å². The number of carbonyl (C=O) groups is 1. The van der Waals surface area contributed by atoms with Crippen LogP contribution in [0.5, 0.6) is 0 Å². The molecule has 2 saturated heterocycles. The van der Waals surface area contributed by atoms with Gasteiger partial charge in [-0.1, -0.05) is 12.1 Å². The van der Waals surface area contributed by atoms with E-state index in [1.54, 1.807) is 0 Å². The molecule has 0 bridgehead atoms. The Hall–Kier alpha value is -3.66. The highest BCUT2D eigenvalue weighted by Crippen LogP contribution is 2.47. The van der Waals surface area contributed by atoms with Crippen LogP contribution in [0.3, 0.4) is 0 Å². The van der Waals surface area contributed by atoms with Crippen molar-refractivity contribution in [3.8, 4) is 17.5 Å². The summed E-state index contributed by atoms with van der Waals surface area (Å²) in [6, 6.07) is 14.3. The monoisotopic (exact) mass is 494 g/mol. The van der Waals surface area contributed by atoms with Crippen molar-refractivity contribution >= 4 is 11.6 Å². The van der Waals surface area contributed by atoms with E-state index in [0.29, 0.717) is 17.3 Å². The van der Waals surface area contributed by atoms with Gasteiger partial charge in [-0.25, -0.2) is 4.98 Å². The molecule has 1 amide bonds. The molecule has 2 aromatic carbocycles. The van der Waals surface area contributed by atoms with Crippen molar-refractivity contribution in [2.75, 3.05) is 31.1 Å². The summed E-state index contributed by atoms with van der Waals surface area (Å²) in [6.45, 7) is 7.53. The van der Waals surface area contributed by atoms with E-state index in [9.17, 15) is 4.79 Å². The molecule has 2 unspecified atom stereocenters. The smallest absolute Gasteiger partial charge is 0.254 e. The number of carbonyl (C=O) groups excluding carboxylic acids is 1. The van der Waals surface area contributed by atoms with Crippen LogP contribution in [0.1, 0.15) is 70.9 Å². The molecule has 2 aliphatic heterocycles. The molecular weight excluding hydrogens is 460 g/mol. The lowest BCUT2D eigenvalue weighted by Crippen LogP contribution is -2.38. The van der Waals surface area contributed by atoms with Crippen LogP contribution in [0.25, 0.3) is 11.4 Å². The summed E-state index contributed by atoms with van der Waals surface area (Å²) in [5.41, 5.74) is 5.79. The van der Waals surface area contributed by atoms with Crippen molar-refractivity contribution < 1.29 is 4.79 Å². The van der Waals surface area contributed by atoms with Crippen LogP contribution in [-0.2, 0) is 0 Å². The number of aromatic amines is 1. The zero-order chi connectivity index (χ0) is 25.5. The number of nitrogens with zero attached hydrogens (tertiary/aromatic N) is 5. The molecule has 7 heteroatoms. The van der Waals surface area contributed by atoms with Crippen molar-refractivity contribution in [1.29, 1.82) is 5.26 Å². The molecule has 3 aliphatic rings. The average molecular weight is 495 g/mol. The predicted octanol–water partition coefficient (Wildman–Crippen LogP) is 5.22. The molecule has 1 N–H and O–H groups in total. The second-order valence-electron chi connectivity index (χ2n) is 11.0. The highest BCUT2D eigenvalue weighted by atomic mass is 16.2. The lowest BCUT2D eigenvalue weighted by molar-refractivity contribution is 0.0712. The van der Waals surface area contributed by atoms with Gasteiger partial charge in [-0.05, 0) is 99.1 Å². The summed E-state index contributed by atoms with van der Waals surface area (Å²) in [7, 11) is 0. The Balaban J connectivity index is 1.24. The number of fused-ring (bicyclic) bond motifs is 1. The molecule has 1 aliphatic carbocycles. The fourth-order valence-electron chi connectivity index (χ4n) is 6.26. The van der Waals surface area contributed by atoms with Crippen molar-refractivity contribution in [3.63, 3.8) is 0 Å². The third-order valence-corrected chi connectivity index (χ3v) is 8.65. The molecule has 190 valence electrons. The fraction of sp³-hybridized carbons (Fsp3) is 0.467.